The molecule has 0 bridgehead atoms. The molecule has 0 aliphatic rings. The van der Waals surface area contributed by atoms with E-state index in [4.69, 9.17) is 39.5 Å². The van der Waals surface area contributed by atoms with Crippen LogP contribution in [0.15, 0.2) is 46.4 Å². The second-order valence-electron chi connectivity index (χ2n) is 5.52. The maximum atomic E-state index is 12.6. The zero-order chi connectivity index (χ0) is 20.9. The van der Waals surface area contributed by atoms with E-state index in [9.17, 15) is 13.2 Å². The predicted molar refractivity (Wildman–Crippen MR) is 110 cm³/mol. The van der Waals surface area contributed by atoms with Gasteiger partial charge in [-0.15, -0.1) is 0 Å². The van der Waals surface area contributed by atoms with Gasteiger partial charge >= 0.3 is 0 Å². The van der Waals surface area contributed by atoms with Crippen LogP contribution in [-0.4, -0.2) is 45.5 Å². The summed E-state index contributed by atoms with van der Waals surface area (Å²) >= 11 is 17.7. The minimum atomic E-state index is -3.92. The van der Waals surface area contributed by atoms with Gasteiger partial charge in [-0.05, 0) is 35.9 Å². The highest BCUT2D eigenvalue weighted by atomic mass is 35.5. The van der Waals surface area contributed by atoms with Crippen LogP contribution < -0.4 is 10.2 Å². The van der Waals surface area contributed by atoms with E-state index in [1.165, 1.54) is 38.6 Å². The van der Waals surface area contributed by atoms with Crippen molar-refractivity contribution in [2.75, 3.05) is 20.7 Å². The van der Waals surface area contributed by atoms with Gasteiger partial charge in [0.25, 0.3) is 5.91 Å². The van der Waals surface area contributed by atoms with Gasteiger partial charge in [0.05, 0.1) is 39.8 Å². The Labute approximate surface area is 177 Å². The second-order valence-corrected chi connectivity index (χ2v) is 8.79. The zero-order valence-corrected chi connectivity index (χ0v) is 17.9. The summed E-state index contributed by atoms with van der Waals surface area (Å²) in [5.74, 6) is -0.278. The molecule has 0 atom stereocenters. The fraction of sp³-hybridized carbons (Fsp3) is 0.176. The lowest BCUT2D eigenvalue weighted by atomic mass is 10.2. The van der Waals surface area contributed by atoms with Crippen LogP contribution in [0.3, 0.4) is 0 Å². The molecule has 0 aromatic heterocycles. The van der Waals surface area contributed by atoms with Gasteiger partial charge in [-0.2, -0.15) is 9.41 Å². The maximum Gasteiger partial charge on any atom is 0.255 e. The molecule has 0 saturated heterocycles. The Morgan fingerprint density at radius 3 is 2.46 bits per heavy atom. The molecule has 2 aromatic carbocycles. The third-order valence-electron chi connectivity index (χ3n) is 3.54. The predicted octanol–water partition coefficient (Wildman–Crippen LogP) is 3.43. The lowest BCUT2D eigenvalue weighted by Gasteiger charge is -2.16. The smallest absolute Gasteiger partial charge is 0.255 e. The minimum absolute atomic E-state index is 0.0621. The summed E-state index contributed by atoms with van der Waals surface area (Å²) in [5.41, 5.74) is 2.87. The molecule has 0 unspecified atom stereocenters. The molecular weight excluding hydrogens is 449 g/mol. The largest absolute Gasteiger partial charge is 0.495 e. The number of hydrogen-bond donors (Lipinski definition) is 1. The number of halogens is 3. The molecular formula is C17H16Cl3N3O4S. The molecule has 150 valence electrons. The maximum absolute atomic E-state index is 12.6. The van der Waals surface area contributed by atoms with E-state index >= 15 is 0 Å². The molecule has 11 heteroatoms. The molecule has 0 fully saturated rings. The Bertz CT molecular complexity index is 1010. The lowest BCUT2D eigenvalue weighted by molar-refractivity contribution is -0.121. The summed E-state index contributed by atoms with van der Waals surface area (Å²) in [6, 6.07) is 8.86. The third kappa shape index (κ3) is 5.59. The van der Waals surface area contributed by atoms with Crippen molar-refractivity contribution in [1.82, 2.24) is 9.73 Å². The fourth-order valence-corrected chi connectivity index (χ4v) is 3.86. The normalized spacial score (nSPS) is 11.8. The van der Waals surface area contributed by atoms with Crippen molar-refractivity contribution in [2.24, 2.45) is 5.10 Å². The van der Waals surface area contributed by atoms with Gasteiger partial charge in [-0.1, -0.05) is 40.9 Å². The molecule has 2 aromatic rings. The fourth-order valence-electron chi connectivity index (χ4n) is 2.08. The Morgan fingerprint density at radius 2 is 1.86 bits per heavy atom. The molecule has 1 amide bonds. The van der Waals surface area contributed by atoms with Crippen molar-refractivity contribution in [1.29, 1.82) is 0 Å². The molecule has 0 saturated carbocycles. The number of amides is 1. The van der Waals surface area contributed by atoms with Crippen LogP contribution in [0, 0.1) is 0 Å². The first kappa shape index (κ1) is 22.4. The number of hydrogen-bond acceptors (Lipinski definition) is 5. The first-order valence-electron chi connectivity index (χ1n) is 7.72. The van der Waals surface area contributed by atoms with Crippen LogP contribution in [-0.2, 0) is 14.8 Å². The van der Waals surface area contributed by atoms with Crippen molar-refractivity contribution in [2.45, 2.75) is 4.90 Å². The van der Waals surface area contributed by atoms with Crippen molar-refractivity contribution in [3.63, 3.8) is 0 Å². The average molecular weight is 465 g/mol. The number of likely N-dealkylation sites (N-methyl/N-ethyl adjacent to an activating group) is 1. The average Bonchev–Trinajstić information content (AvgIpc) is 2.64. The molecule has 7 nitrogen and oxygen atoms in total. The van der Waals surface area contributed by atoms with E-state index in [0.717, 1.165) is 4.31 Å². The number of nitrogens with one attached hydrogen (secondary N) is 1. The van der Waals surface area contributed by atoms with Gasteiger partial charge < -0.3 is 4.74 Å². The van der Waals surface area contributed by atoms with Crippen LogP contribution >= 0.6 is 34.8 Å². The van der Waals surface area contributed by atoms with Crippen LogP contribution in [0.5, 0.6) is 5.75 Å². The number of sulfonamides is 1. The van der Waals surface area contributed by atoms with Gasteiger partial charge in [0.15, 0.2) is 0 Å². The Hall–Kier alpha value is -1.84. The molecule has 28 heavy (non-hydrogen) atoms. The Kier molecular flexibility index (Phi) is 7.68. The first-order valence-corrected chi connectivity index (χ1v) is 10.3. The standard InChI is InChI=1S/C17H16Cl3N3O4S/c1-23(28(25,26)12-4-6-16(27-2)15(20)8-12)10-17(24)22-21-9-11-3-5-13(18)14(19)7-11/h3-9H,10H2,1-2H3,(H,22,24)/b21-9-. The number of carbonyl (C=O) groups is 1. The highest BCUT2D eigenvalue weighted by Crippen LogP contribution is 2.28. The van der Waals surface area contributed by atoms with Crippen molar-refractivity contribution < 1.29 is 17.9 Å². The Morgan fingerprint density at radius 1 is 1.14 bits per heavy atom. The molecule has 0 spiro atoms. The van der Waals surface area contributed by atoms with E-state index < -0.39 is 22.5 Å². The molecule has 0 aliphatic heterocycles. The zero-order valence-electron chi connectivity index (χ0n) is 14.8. The number of benzene rings is 2. The third-order valence-corrected chi connectivity index (χ3v) is 6.38. The van der Waals surface area contributed by atoms with E-state index in [2.05, 4.69) is 10.5 Å². The summed E-state index contributed by atoms with van der Waals surface area (Å²) < 4.78 is 31.0. The van der Waals surface area contributed by atoms with E-state index in [0.29, 0.717) is 21.4 Å². The molecule has 1 N–H and O–H groups in total. The number of ether oxygens (including phenoxy) is 1. The molecule has 2 rings (SSSR count). The molecule has 0 aliphatic carbocycles. The highest BCUT2D eigenvalue weighted by Gasteiger charge is 2.23. The van der Waals surface area contributed by atoms with Gasteiger partial charge in [0.2, 0.25) is 10.0 Å². The second kappa shape index (κ2) is 9.58. The summed E-state index contributed by atoms with van der Waals surface area (Å²) in [4.78, 5) is 11.9. The summed E-state index contributed by atoms with van der Waals surface area (Å²) in [6.45, 7) is -0.440. The topological polar surface area (TPSA) is 88.1 Å². The number of methoxy groups -OCH3 is 1. The minimum Gasteiger partial charge on any atom is -0.495 e. The molecule has 0 heterocycles. The Balaban J connectivity index is 2.01. The summed E-state index contributed by atoms with van der Waals surface area (Å²) in [6.07, 6.45) is 1.36. The molecule has 0 radical (unpaired) electrons. The first-order chi connectivity index (χ1) is 13.1. The summed E-state index contributed by atoms with van der Waals surface area (Å²) in [7, 11) is -1.23. The van der Waals surface area contributed by atoms with Gasteiger partial charge in [-0.3, -0.25) is 4.79 Å². The SMILES string of the molecule is COc1ccc(S(=O)(=O)N(C)CC(=O)N/N=C\c2ccc(Cl)c(Cl)c2)cc1Cl. The number of hydrazone groups is 1. The van der Waals surface area contributed by atoms with Crippen LogP contribution in [0.2, 0.25) is 15.1 Å². The van der Waals surface area contributed by atoms with E-state index in [1.807, 2.05) is 0 Å². The monoisotopic (exact) mass is 463 g/mol. The van der Waals surface area contributed by atoms with Crippen LogP contribution in [0.25, 0.3) is 0 Å². The van der Waals surface area contributed by atoms with Crippen molar-refractivity contribution in [3.8, 4) is 5.75 Å². The van der Waals surface area contributed by atoms with Crippen LogP contribution in [0.4, 0.5) is 0 Å². The van der Waals surface area contributed by atoms with E-state index in [-0.39, 0.29) is 9.92 Å². The number of nitrogens with zero attached hydrogens (tertiary/aromatic N) is 2. The van der Waals surface area contributed by atoms with Crippen LogP contribution in [0.1, 0.15) is 5.56 Å². The summed E-state index contributed by atoms with van der Waals surface area (Å²) in [5, 5.41) is 4.66. The van der Waals surface area contributed by atoms with Gasteiger partial charge in [-0.25, -0.2) is 13.8 Å². The van der Waals surface area contributed by atoms with Crippen molar-refractivity contribution in [3.05, 3.63) is 57.0 Å². The number of carbonyl (C=O) groups excluding carboxylic acids is 1. The van der Waals surface area contributed by atoms with E-state index in [1.54, 1.807) is 18.2 Å². The van der Waals surface area contributed by atoms with Crippen molar-refractivity contribution >= 4 is 56.9 Å². The quantitative estimate of drug-likeness (QED) is 0.502. The lowest BCUT2D eigenvalue weighted by Crippen LogP contribution is -2.36. The number of rotatable bonds is 7. The van der Waals surface area contributed by atoms with Gasteiger partial charge in [0.1, 0.15) is 5.75 Å². The highest BCUT2D eigenvalue weighted by molar-refractivity contribution is 7.89. The van der Waals surface area contributed by atoms with Gasteiger partial charge in [0, 0.05) is 7.05 Å².